The molecule has 0 nitrogen and oxygen atoms in total. The molecule has 3 unspecified atom stereocenters. The molecule has 0 aromatic rings. The molecule has 0 bridgehead atoms. The molecule has 2 aliphatic carbocycles. The van der Waals surface area contributed by atoms with Crippen LogP contribution in [0.2, 0.25) is 0 Å². The van der Waals surface area contributed by atoms with Gasteiger partial charge in [0, 0.05) is 0 Å². The smallest absolute Gasteiger partial charge is 0.0173 e. The van der Waals surface area contributed by atoms with Crippen LogP contribution < -0.4 is 0 Å². The summed E-state index contributed by atoms with van der Waals surface area (Å²) < 4.78 is 0. The quantitative estimate of drug-likeness (QED) is 0.529. The SMILES string of the molecule is CCC1C[C]1C1CC1C. The van der Waals surface area contributed by atoms with Gasteiger partial charge in [0.1, 0.15) is 0 Å². The van der Waals surface area contributed by atoms with Crippen LogP contribution in [0.25, 0.3) is 0 Å². The first kappa shape index (κ1) is 5.76. The minimum Gasteiger partial charge on any atom is -0.0651 e. The molecule has 0 spiro atoms. The van der Waals surface area contributed by atoms with Crippen LogP contribution in [0.4, 0.5) is 0 Å². The van der Waals surface area contributed by atoms with Crippen molar-refractivity contribution in [3.8, 4) is 0 Å². The topological polar surface area (TPSA) is 0 Å². The number of hydrogen-bond donors (Lipinski definition) is 0. The summed E-state index contributed by atoms with van der Waals surface area (Å²) in [7, 11) is 0. The summed E-state index contributed by atoms with van der Waals surface area (Å²) in [5.41, 5.74) is 0. The van der Waals surface area contributed by atoms with Crippen LogP contribution in [-0.4, -0.2) is 0 Å². The molecule has 51 valence electrons. The fourth-order valence-electron chi connectivity index (χ4n) is 1.93. The second-order valence-corrected chi connectivity index (χ2v) is 3.70. The van der Waals surface area contributed by atoms with Crippen molar-refractivity contribution in [3.63, 3.8) is 0 Å². The van der Waals surface area contributed by atoms with Crippen LogP contribution in [0.1, 0.15) is 33.1 Å². The summed E-state index contributed by atoms with van der Waals surface area (Å²) in [6.07, 6.45) is 4.38. The van der Waals surface area contributed by atoms with Gasteiger partial charge >= 0.3 is 0 Å². The Hall–Kier alpha value is 0. The molecule has 0 aromatic carbocycles. The van der Waals surface area contributed by atoms with Crippen LogP contribution >= 0.6 is 0 Å². The fraction of sp³-hybridized carbons (Fsp3) is 0.889. The third-order valence-electron chi connectivity index (χ3n) is 2.92. The minimum absolute atomic E-state index is 1.05. The Morgan fingerprint density at radius 1 is 1.56 bits per heavy atom. The lowest BCUT2D eigenvalue weighted by atomic mass is 10.1. The first-order chi connectivity index (χ1) is 4.33. The van der Waals surface area contributed by atoms with Crippen molar-refractivity contribution in [3.05, 3.63) is 5.92 Å². The Bertz CT molecular complexity index is 117. The van der Waals surface area contributed by atoms with E-state index in [0.717, 1.165) is 17.8 Å². The van der Waals surface area contributed by atoms with Crippen LogP contribution in [0.3, 0.4) is 0 Å². The average Bonchev–Trinajstić information content (AvgIpc) is 2.61. The molecule has 0 N–H and O–H groups in total. The van der Waals surface area contributed by atoms with Crippen molar-refractivity contribution in [2.45, 2.75) is 33.1 Å². The molecule has 2 rings (SSSR count). The Balaban J connectivity index is 1.79. The lowest BCUT2D eigenvalue weighted by molar-refractivity contribution is 0.744. The van der Waals surface area contributed by atoms with Crippen LogP contribution in [0, 0.1) is 23.7 Å². The molecule has 0 aliphatic heterocycles. The minimum atomic E-state index is 1.05. The zero-order valence-corrected chi connectivity index (χ0v) is 6.35. The summed E-state index contributed by atoms with van der Waals surface area (Å²) in [4.78, 5) is 0. The van der Waals surface area contributed by atoms with Crippen molar-refractivity contribution in [2.24, 2.45) is 17.8 Å². The van der Waals surface area contributed by atoms with Gasteiger partial charge in [0.2, 0.25) is 0 Å². The van der Waals surface area contributed by atoms with Crippen LogP contribution in [0.15, 0.2) is 0 Å². The van der Waals surface area contributed by atoms with E-state index in [9.17, 15) is 0 Å². The molecular formula is C9H15. The highest BCUT2D eigenvalue weighted by molar-refractivity contribution is 5.22. The third-order valence-corrected chi connectivity index (χ3v) is 2.92. The van der Waals surface area contributed by atoms with E-state index in [4.69, 9.17) is 0 Å². The van der Waals surface area contributed by atoms with Gasteiger partial charge in [-0.15, -0.1) is 0 Å². The van der Waals surface area contributed by atoms with Gasteiger partial charge < -0.3 is 0 Å². The molecular weight excluding hydrogens is 108 g/mol. The summed E-state index contributed by atoms with van der Waals surface area (Å²) in [6, 6.07) is 0. The highest BCUT2D eigenvalue weighted by Crippen LogP contribution is 2.60. The van der Waals surface area contributed by atoms with Gasteiger partial charge in [-0.05, 0) is 36.5 Å². The third kappa shape index (κ3) is 0.889. The summed E-state index contributed by atoms with van der Waals surface area (Å²) in [5, 5.41) is 0. The standard InChI is InChI=1S/C9H15/c1-3-7-5-9(7)8-4-6(8)2/h6-8H,3-5H2,1-2H3. The van der Waals surface area contributed by atoms with E-state index < -0.39 is 0 Å². The van der Waals surface area contributed by atoms with E-state index in [1.165, 1.54) is 19.3 Å². The molecule has 0 heterocycles. The van der Waals surface area contributed by atoms with Crippen molar-refractivity contribution in [1.82, 2.24) is 0 Å². The van der Waals surface area contributed by atoms with Crippen molar-refractivity contribution < 1.29 is 0 Å². The Labute approximate surface area is 57.6 Å². The average molecular weight is 123 g/mol. The molecule has 0 saturated heterocycles. The molecule has 0 aromatic heterocycles. The predicted octanol–water partition coefficient (Wildman–Crippen LogP) is 2.65. The molecule has 9 heavy (non-hydrogen) atoms. The molecule has 0 heteroatoms. The molecule has 2 aliphatic rings. The predicted molar refractivity (Wildman–Crippen MR) is 38.9 cm³/mol. The molecule has 1 radical (unpaired) electrons. The Morgan fingerprint density at radius 2 is 2.22 bits per heavy atom. The second kappa shape index (κ2) is 1.74. The van der Waals surface area contributed by atoms with E-state index in [0.29, 0.717) is 0 Å². The highest BCUT2D eigenvalue weighted by atomic mass is 14.5. The molecule has 2 fully saturated rings. The Kier molecular flexibility index (Phi) is 1.12. The zero-order valence-electron chi connectivity index (χ0n) is 6.35. The second-order valence-electron chi connectivity index (χ2n) is 3.70. The maximum atomic E-state index is 2.38. The van der Waals surface area contributed by atoms with Gasteiger partial charge in [0.25, 0.3) is 0 Å². The van der Waals surface area contributed by atoms with Crippen molar-refractivity contribution in [1.29, 1.82) is 0 Å². The van der Waals surface area contributed by atoms with E-state index in [1.807, 2.05) is 5.92 Å². The largest absolute Gasteiger partial charge is 0.0651 e. The van der Waals surface area contributed by atoms with Gasteiger partial charge in [-0.25, -0.2) is 0 Å². The lowest BCUT2D eigenvalue weighted by Crippen LogP contribution is -1.81. The maximum absolute atomic E-state index is 2.38. The highest BCUT2D eigenvalue weighted by Gasteiger charge is 2.50. The number of rotatable bonds is 2. The van der Waals surface area contributed by atoms with Gasteiger partial charge in [0.05, 0.1) is 0 Å². The van der Waals surface area contributed by atoms with Crippen molar-refractivity contribution in [2.75, 3.05) is 0 Å². The summed E-state index contributed by atoms with van der Waals surface area (Å²) >= 11 is 0. The first-order valence-electron chi connectivity index (χ1n) is 4.18. The normalized spacial score (nSPS) is 49.3. The van der Waals surface area contributed by atoms with E-state index >= 15 is 0 Å². The van der Waals surface area contributed by atoms with Gasteiger partial charge in [-0.1, -0.05) is 20.3 Å². The summed E-state index contributed by atoms with van der Waals surface area (Å²) in [5.74, 6) is 5.09. The van der Waals surface area contributed by atoms with Gasteiger partial charge in [-0.2, -0.15) is 0 Å². The van der Waals surface area contributed by atoms with Gasteiger partial charge in [0.15, 0.2) is 0 Å². The van der Waals surface area contributed by atoms with Gasteiger partial charge in [-0.3, -0.25) is 0 Å². The molecule has 3 atom stereocenters. The monoisotopic (exact) mass is 123 g/mol. The van der Waals surface area contributed by atoms with E-state index in [2.05, 4.69) is 13.8 Å². The molecule has 0 amide bonds. The van der Waals surface area contributed by atoms with E-state index in [1.54, 1.807) is 0 Å². The lowest BCUT2D eigenvalue weighted by Gasteiger charge is -1.89. The maximum Gasteiger partial charge on any atom is -0.0173 e. The number of hydrogen-bond acceptors (Lipinski definition) is 0. The van der Waals surface area contributed by atoms with Crippen molar-refractivity contribution >= 4 is 0 Å². The first-order valence-corrected chi connectivity index (χ1v) is 4.18. The Morgan fingerprint density at radius 3 is 2.56 bits per heavy atom. The van der Waals surface area contributed by atoms with E-state index in [-0.39, 0.29) is 0 Å². The van der Waals surface area contributed by atoms with Crippen LogP contribution in [0.5, 0.6) is 0 Å². The molecule has 2 saturated carbocycles. The fourth-order valence-corrected chi connectivity index (χ4v) is 1.93. The summed E-state index contributed by atoms with van der Waals surface area (Å²) in [6.45, 7) is 4.69. The zero-order chi connectivity index (χ0) is 6.43. The van der Waals surface area contributed by atoms with Crippen LogP contribution in [-0.2, 0) is 0 Å².